The predicted molar refractivity (Wildman–Crippen MR) is 135 cm³/mol. The maximum absolute atomic E-state index is 7.70. The van der Waals surface area contributed by atoms with E-state index in [1.807, 2.05) is 36.4 Å². The molecular formula is C25H32N6O2. The molecule has 1 aromatic carbocycles. The molecule has 0 atom stereocenters. The van der Waals surface area contributed by atoms with Crippen molar-refractivity contribution in [1.82, 2.24) is 20.6 Å². The fraction of sp³-hybridized carbons (Fsp3) is 0.320. The molecule has 174 valence electrons. The average Bonchev–Trinajstić information content (AvgIpc) is 2.84. The van der Waals surface area contributed by atoms with Crippen LogP contribution in [-0.2, 0) is 0 Å². The first kappa shape index (κ1) is 24.0. The van der Waals surface area contributed by atoms with Crippen LogP contribution in [0.4, 0.5) is 11.5 Å². The molecule has 0 amide bonds. The summed E-state index contributed by atoms with van der Waals surface area (Å²) in [5, 5.41) is 14.1. The molecule has 3 N–H and O–H groups in total. The third-order valence-corrected chi connectivity index (χ3v) is 5.12. The molecule has 2 heterocycles. The summed E-state index contributed by atoms with van der Waals surface area (Å²) in [6.07, 6.45) is 4.83. The summed E-state index contributed by atoms with van der Waals surface area (Å²) in [6.45, 7) is 5.73. The predicted octanol–water partition coefficient (Wildman–Crippen LogP) is 3.99. The lowest BCUT2D eigenvalue weighted by atomic mass is 10.1. The fourth-order valence-corrected chi connectivity index (χ4v) is 3.46. The number of pyridine rings is 2. The maximum Gasteiger partial charge on any atom is 0.133 e. The first-order valence-corrected chi connectivity index (χ1v) is 10.9. The van der Waals surface area contributed by atoms with Gasteiger partial charge in [-0.05, 0) is 18.2 Å². The highest BCUT2D eigenvalue weighted by Crippen LogP contribution is 2.32. The third kappa shape index (κ3) is 5.98. The van der Waals surface area contributed by atoms with E-state index in [1.54, 1.807) is 33.7 Å². The second-order valence-electron chi connectivity index (χ2n) is 7.80. The molecule has 0 fully saturated rings. The Morgan fingerprint density at radius 2 is 1.82 bits per heavy atom. The van der Waals surface area contributed by atoms with Crippen LogP contribution in [-0.4, -0.2) is 56.6 Å². The van der Waals surface area contributed by atoms with E-state index in [1.165, 1.54) is 6.21 Å². The van der Waals surface area contributed by atoms with Gasteiger partial charge in [-0.1, -0.05) is 13.8 Å². The van der Waals surface area contributed by atoms with Gasteiger partial charge in [0.25, 0.3) is 0 Å². The van der Waals surface area contributed by atoms with Crippen LogP contribution < -0.4 is 25.0 Å². The lowest BCUT2D eigenvalue weighted by molar-refractivity contribution is 0.394. The van der Waals surface area contributed by atoms with Gasteiger partial charge in [0.2, 0.25) is 0 Å². The zero-order valence-electron chi connectivity index (χ0n) is 19.8. The lowest BCUT2D eigenvalue weighted by Crippen LogP contribution is -2.33. The van der Waals surface area contributed by atoms with E-state index in [-0.39, 0.29) is 0 Å². The van der Waals surface area contributed by atoms with Crippen molar-refractivity contribution in [3.63, 3.8) is 0 Å². The highest BCUT2D eigenvalue weighted by Gasteiger charge is 2.15. The number of allylic oxidation sites excluding steroid dienone is 1. The Labute approximate surface area is 195 Å². The van der Waals surface area contributed by atoms with Crippen LogP contribution in [0.5, 0.6) is 11.5 Å². The van der Waals surface area contributed by atoms with Crippen molar-refractivity contribution in [3.05, 3.63) is 54.4 Å². The van der Waals surface area contributed by atoms with Crippen molar-refractivity contribution >= 4 is 34.3 Å². The van der Waals surface area contributed by atoms with E-state index >= 15 is 0 Å². The van der Waals surface area contributed by atoms with Crippen molar-refractivity contribution in [1.29, 1.82) is 5.41 Å². The zero-order chi connectivity index (χ0) is 23.8. The first-order chi connectivity index (χ1) is 16.0. The van der Waals surface area contributed by atoms with Gasteiger partial charge in [-0.2, -0.15) is 0 Å². The molecule has 0 radical (unpaired) electrons. The molecule has 3 rings (SSSR count). The highest BCUT2D eigenvalue weighted by molar-refractivity contribution is 6.08. The minimum absolute atomic E-state index is 0.376. The minimum Gasteiger partial charge on any atom is -0.497 e. The van der Waals surface area contributed by atoms with Crippen LogP contribution in [0.3, 0.4) is 0 Å². The number of rotatable bonds is 11. The second-order valence-corrected chi connectivity index (χ2v) is 7.80. The molecule has 3 aromatic rings. The maximum atomic E-state index is 7.70. The Bertz CT molecular complexity index is 1110. The van der Waals surface area contributed by atoms with E-state index in [2.05, 4.69) is 34.4 Å². The molecule has 33 heavy (non-hydrogen) atoms. The van der Waals surface area contributed by atoms with Crippen LogP contribution in [0.25, 0.3) is 16.6 Å². The molecule has 0 saturated carbocycles. The van der Waals surface area contributed by atoms with Gasteiger partial charge in [-0.25, -0.2) is 4.98 Å². The quantitative estimate of drug-likeness (QED) is 0.382. The number of hydrogen-bond acceptors (Lipinski definition) is 8. The lowest BCUT2D eigenvalue weighted by Gasteiger charge is -2.26. The number of ether oxygens (including phenoxy) is 2. The monoisotopic (exact) mass is 448 g/mol. The van der Waals surface area contributed by atoms with Crippen LogP contribution >= 0.6 is 0 Å². The molecule has 8 heteroatoms. The first-order valence-electron chi connectivity index (χ1n) is 10.9. The average molecular weight is 449 g/mol. The number of benzene rings is 1. The third-order valence-electron chi connectivity index (χ3n) is 5.12. The highest BCUT2D eigenvalue weighted by atomic mass is 16.5. The van der Waals surface area contributed by atoms with Gasteiger partial charge >= 0.3 is 0 Å². The Morgan fingerprint density at radius 1 is 1.09 bits per heavy atom. The van der Waals surface area contributed by atoms with Gasteiger partial charge in [0.15, 0.2) is 0 Å². The summed E-state index contributed by atoms with van der Waals surface area (Å²) in [4.78, 5) is 11.6. The Kier molecular flexibility index (Phi) is 8.21. The van der Waals surface area contributed by atoms with Gasteiger partial charge in [0, 0.05) is 79.8 Å². The number of methoxy groups -OCH3 is 2. The molecular weight excluding hydrogens is 416 g/mol. The zero-order valence-corrected chi connectivity index (χ0v) is 19.8. The van der Waals surface area contributed by atoms with Crippen LogP contribution in [0.1, 0.15) is 19.4 Å². The molecule has 0 aliphatic rings. The summed E-state index contributed by atoms with van der Waals surface area (Å²) in [6, 6.07) is 12.1. The van der Waals surface area contributed by atoms with Gasteiger partial charge in [0.1, 0.15) is 17.3 Å². The molecule has 0 aliphatic heterocycles. The number of fused-ring (bicyclic) bond motifs is 1. The number of hydrogen-bond donors (Lipinski definition) is 3. The molecule has 8 nitrogen and oxygen atoms in total. The Morgan fingerprint density at radius 3 is 2.42 bits per heavy atom. The normalized spacial score (nSPS) is 11.5. The summed E-state index contributed by atoms with van der Waals surface area (Å²) < 4.78 is 11.0. The molecule has 2 aromatic heterocycles. The molecule has 0 spiro atoms. The van der Waals surface area contributed by atoms with Crippen molar-refractivity contribution in [2.45, 2.75) is 19.9 Å². The van der Waals surface area contributed by atoms with Crippen molar-refractivity contribution < 1.29 is 9.47 Å². The molecule has 0 unspecified atom stereocenters. The summed E-state index contributed by atoms with van der Waals surface area (Å²) in [5.41, 5.74) is 4.02. The molecule has 0 saturated heterocycles. The van der Waals surface area contributed by atoms with Crippen molar-refractivity contribution in [2.24, 2.45) is 0 Å². The topological polar surface area (TPSA) is 95.4 Å². The Balaban J connectivity index is 2.07. The fourth-order valence-electron chi connectivity index (χ4n) is 3.46. The van der Waals surface area contributed by atoms with Crippen LogP contribution in [0.15, 0.2) is 48.8 Å². The number of aromatic nitrogens is 2. The SMILES string of the molecule is CN/C=C(\C=N)c1cnc2ccc(N(CCNC(C)C)c3cc(OC)cc(OC)c3)nc2c1. The van der Waals surface area contributed by atoms with Crippen molar-refractivity contribution in [3.8, 4) is 11.5 Å². The number of nitrogens with one attached hydrogen (secondary N) is 3. The summed E-state index contributed by atoms with van der Waals surface area (Å²) in [5.74, 6) is 2.21. The van der Waals surface area contributed by atoms with E-state index in [0.29, 0.717) is 24.1 Å². The van der Waals surface area contributed by atoms with Crippen LogP contribution in [0, 0.1) is 5.41 Å². The summed E-state index contributed by atoms with van der Waals surface area (Å²) >= 11 is 0. The van der Waals surface area contributed by atoms with E-state index in [9.17, 15) is 0 Å². The molecule has 0 aliphatic carbocycles. The van der Waals surface area contributed by atoms with Gasteiger partial charge in [-0.15, -0.1) is 0 Å². The smallest absolute Gasteiger partial charge is 0.133 e. The second kappa shape index (κ2) is 11.3. The van der Waals surface area contributed by atoms with Gasteiger partial charge < -0.3 is 30.4 Å². The van der Waals surface area contributed by atoms with Gasteiger partial charge in [0.05, 0.1) is 25.3 Å². The Hall–Kier alpha value is -3.65. The largest absolute Gasteiger partial charge is 0.497 e. The summed E-state index contributed by atoms with van der Waals surface area (Å²) in [7, 11) is 5.09. The van der Waals surface area contributed by atoms with E-state index in [4.69, 9.17) is 19.9 Å². The van der Waals surface area contributed by atoms with Gasteiger partial charge in [-0.3, -0.25) is 4.98 Å². The number of anilines is 2. The van der Waals surface area contributed by atoms with Crippen molar-refractivity contribution in [2.75, 3.05) is 39.3 Å². The minimum atomic E-state index is 0.376. The van der Waals surface area contributed by atoms with E-state index < -0.39 is 0 Å². The number of nitrogens with zero attached hydrogens (tertiary/aromatic N) is 3. The standard InChI is InChI=1S/C25H32N6O2/c1-17(2)28-8-9-31(20-11-21(32-4)13-22(12-20)33-5)25-7-6-23-24(30-25)10-18(16-29-23)19(14-26)15-27-3/h6-7,10-17,26-28H,8-9H2,1-5H3/b19-15+,26-14?. The molecule has 0 bridgehead atoms. The van der Waals surface area contributed by atoms with E-state index in [0.717, 1.165) is 40.2 Å². The van der Waals surface area contributed by atoms with Crippen LogP contribution in [0.2, 0.25) is 0 Å².